The van der Waals surface area contributed by atoms with Crippen molar-refractivity contribution in [2.45, 2.75) is 51.5 Å². The number of piperidine rings is 2. The van der Waals surface area contributed by atoms with Crippen molar-refractivity contribution in [3.8, 4) is 0 Å². The second kappa shape index (κ2) is 9.02. The monoisotopic (exact) mass is 544 g/mol. The fourth-order valence-electron chi connectivity index (χ4n) is 8.58. The van der Waals surface area contributed by atoms with Crippen LogP contribution in [0.25, 0.3) is 0 Å². The molecule has 4 saturated carbocycles. The molecule has 7 nitrogen and oxygen atoms in total. The molecule has 35 heavy (non-hydrogen) atoms. The van der Waals surface area contributed by atoms with Gasteiger partial charge in [-0.15, -0.1) is 0 Å². The minimum absolute atomic E-state index is 0.0521. The van der Waals surface area contributed by atoms with E-state index in [0.717, 1.165) is 75.1 Å². The number of carboxylic acid groups (broad SMARTS) is 1. The van der Waals surface area contributed by atoms with E-state index >= 15 is 0 Å². The molecule has 0 radical (unpaired) electrons. The minimum Gasteiger partial charge on any atom is -0.481 e. The van der Waals surface area contributed by atoms with Gasteiger partial charge in [-0.3, -0.25) is 9.59 Å². The molecule has 2 N–H and O–H groups in total. The number of nitrogens with zero attached hydrogens (tertiary/aromatic N) is 3. The van der Waals surface area contributed by atoms with Crippen molar-refractivity contribution in [1.82, 2.24) is 15.2 Å². The summed E-state index contributed by atoms with van der Waals surface area (Å²) in [4.78, 5) is 34.8. The molecule has 6 aliphatic rings. The van der Waals surface area contributed by atoms with Gasteiger partial charge in [0.15, 0.2) is 0 Å². The Kier molecular flexibility index (Phi) is 6.11. The van der Waals surface area contributed by atoms with Crippen molar-refractivity contribution >= 4 is 33.6 Å². The first-order valence-electron chi connectivity index (χ1n) is 13.4. The van der Waals surface area contributed by atoms with Crippen LogP contribution in [0.4, 0.5) is 5.82 Å². The van der Waals surface area contributed by atoms with Crippen LogP contribution < -0.4 is 10.2 Å². The van der Waals surface area contributed by atoms with Crippen molar-refractivity contribution in [1.29, 1.82) is 0 Å². The summed E-state index contributed by atoms with van der Waals surface area (Å²) in [5.41, 5.74) is -0.519. The van der Waals surface area contributed by atoms with E-state index in [9.17, 15) is 14.7 Å². The number of pyridine rings is 1. The highest BCUT2D eigenvalue weighted by atomic mass is 79.9. The normalized spacial score (nSPS) is 38.9. The van der Waals surface area contributed by atoms with E-state index in [1.54, 1.807) is 0 Å². The minimum atomic E-state index is -0.611. The summed E-state index contributed by atoms with van der Waals surface area (Å²) < 4.78 is 1.01. The zero-order valence-corrected chi connectivity index (χ0v) is 22.1. The Bertz CT molecular complexity index is 957. The molecule has 190 valence electrons. The lowest BCUT2D eigenvalue weighted by molar-refractivity contribution is -0.168. The van der Waals surface area contributed by atoms with Crippen LogP contribution in [0.3, 0.4) is 0 Å². The van der Waals surface area contributed by atoms with Crippen LogP contribution in [0.15, 0.2) is 22.8 Å². The Morgan fingerprint density at radius 1 is 1.09 bits per heavy atom. The van der Waals surface area contributed by atoms with Gasteiger partial charge >= 0.3 is 5.97 Å². The van der Waals surface area contributed by atoms with Crippen LogP contribution in [0.5, 0.6) is 0 Å². The van der Waals surface area contributed by atoms with Gasteiger partial charge in [-0.2, -0.15) is 0 Å². The Labute approximate surface area is 216 Å². The molecule has 2 saturated heterocycles. The summed E-state index contributed by atoms with van der Waals surface area (Å²) in [6.07, 6.45) is 7.65. The van der Waals surface area contributed by atoms with Crippen LogP contribution in [0, 0.1) is 40.9 Å². The van der Waals surface area contributed by atoms with Crippen molar-refractivity contribution in [2.24, 2.45) is 40.9 Å². The highest BCUT2D eigenvalue weighted by molar-refractivity contribution is 9.10. The Morgan fingerprint density at radius 2 is 1.77 bits per heavy atom. The smallest absolute Gasteiger partial charge is 0.309 e. The number of nitrogens with one attached hydrogen (secondary N) is 1. The zero-order valence-electron chi connectivity index (χ0n) is 20.5. The first kappa shape index (κ1) is 23.7. The van der Waals surface area contributed by atoms with Gasteiger partial charge in [0.1, 0.15) is 5.82 Å². The highest BCUT2D eigenvalue weighted by Gasteiger charge is 2.59. The number of hydrogen-bond acceptors (Lipinski definition) is 5. The number of halogens is 1. The number of carboxylic acids is 1. The third-order valence-electron chi connectivity index (χ3n) is 9.71. The van der Waals surface area contributed by atoms with E-state index in [2.05, 4.69) is 55.1 Å². The molecule has 1 aromatic rings. The van der Waals surface area contributed by atoms with Crippen molar-refractivity contribution in [3.05, 3.63) is 22.8 Å². The average molecular weight is 546 g/mol. The maximum Gasteiger partial charge on any atom is 0.309 e. The second-order valence-electron chi connectivity index (χ2n) is 12.4. The van der Waals surface area contributed by atoms with Gasteiger partial charge < -0.3 is 20.2 Å². The number of fused-ring (bicyclic) bond motifs is 2. The van der Waals surface area contributed by atoms with Gasteiger partial charge in [0.05, 0.1) is 5.41 Å². The van der Waals surface area contributed by atoms with Gasteiger partial charge in [0.2, 0.25) is 5.91 Å². The maximum absolute atomic E-state index is 13.3. The maximum atomic E-state index is 13.3. The molecule has 2 aliphatic heterocycles. The largest absolute Gasteiger partial charge is 0.481 e. The highest BCUT2D eigenvalue weighted by Crippen LogP contribution is 2.60. The van der Waals surface area contributed by atoms with Crippen molar-refractivity contribution in [3.63, 3.8) is 0 Å². The molecule has 5 atom stereocenters. The molecule has 0 aromatic carbocycles. The van der Waals surface area contributed by atoms with E-state index < -0.39 is 11.4 Å². The Balaban J connectivity index is 1.03. The molecule has 5 unspecified atom stereocenters. The Hall–Kier alpha value is -1.67. The van der Waals surface area contributed by atoms with Gasteiger partial charge in [-0.05, 0) is 96.2 Å². The first-order valence-corrected chi connectivity index (χ1v) is 14.2. The van der Waals surface area contributed by atoms with Gasteiger partial charge in [0.25, 0.3) is 0 Å². The molecule has 1 amide bonds. The molecule has 6 bridgehead atoms. The van der Waals surface area contributed by atoms with E-state index in [-0.39, 0.29) is 17.9 Å². The standard InChI is InChI=1S/C27H37BrN4O3/c1-16(25(33)30-24-20-5-17-6-21(24)9-27(7-17,8-20)26(34)35)11-31-12-18-4-19(13-31)15-32(14-18)23-3-2-22(28)10-29-23/h2-3,10,16-21,24H,4-9,11-15H2,1H3,(H,30,33)(H,34,35). The first-order chi connectivity index (χ1) is 16.8. The summed E-state index contributed by atoms with van der Waals surface area (Å²) in [5, 5.41) is 13.3. The summed E-state index contributed by atoms with van der Waals surface area (Å²) in [5.74, 6) is 2.98. The van der Waals surface area contributed by atoms with E-state index in [1.807, 2.05) is 6.20 Å². The third kappa shape index (κ3) is 4.50. The number of aliphatic carboxylic acids is 1. The molecule has 7 rings (SSSR count). The zero-order chi connectivity index (χ0) is 24.3. The SMILES string of the molecule is CC(CN1CC2CC(C1)CN(c1ccc(Br)cn1)C2)C(=O)NC1C2CC3CC1CC(C(=O)O)(C3)C2. The van der Waals surface area contributed by atoms with Gasteiger partial charge in [0, 0.05) is 55.4 Å². The number of anilines is 1. The molecule has 8 heteroatoms. The number of carbonyl (C=O) groups excluding carboxylic acids is 1. The lowest BCUT2D eigenvalue weighted by Gasteiger charge is -2.58. The molecule has 0 spiro atoms. The quantitative estimate of drug-likeness (QED) is 0.568. The predicted octanol–water partition coefficient (Wildman–Crippen LogP) is 3.63. The average Bonchev–Trinajstić information content (AvgIpc) is 2.80. The summed E-state index contributed by atoms with van der Waals surface area (Å²) in [7, 11) is 0. The number of hydrogen-bond donors (Lipinski definition) is 2. The van der Waals surface area contributed by atoms with Crippen LogP contribution in [0.2, 0.25) is 0 Å². The molecule has 3 heterocycles. The lowest BCUT2D eigenvalue weighted by atomic mass is 9.48. The predicted molar refractivity (Wildman–Crippen MR) is 137 cm³/mol. The number of likely N-dealkylation sites (tertiary alicyclic amines) is 1. The molecule has 6 fully saturated rings. The van der Waals surface area contributed by atoms with E-state index in [1.165, 1.54) is 6.42 Å². The molecule has 1 aromatic heterocycles. The van der Waals surface area contributed by atoms with Crippen LogP contribution in [0.1, 0.15) is 45.4 Å². The lowest BCUT2D eigenvalue weighted by Crippen LogP contribution is -2.61. The summed E-state index contributed by atoms with van der Waals surface area (Å²) in [6.45, 7) is 7.00. The topological polar surface area (TPSA) is 85.8 Å². The number of amides is 1. The Morgan fingerprint density at radius 3 is 2.37 bits per heavy atom. The van der Waals surface area contributed by atoms with E-state index in [0.29, 0.717) is 29.6 Å². The summed E-state index contributed by atoms with van der Waals surface area (Å²) >= 11 is 3.47. The second-order valence-corrected chi connectivity index (χ2v) is 13.3. The number of aromatic nitrogens is 1. The number of carbonyl (C=O) groups is 2. The van der Waals surface area contributed by atoms with Crippen LogP contribution >= 0.6 is 15.9 Å². The van der Waals surface area contributed by atoms with Crippen LogP contribution in [-0.2, 0) is 9.59 Å². The molecular weight excluding hydrogens is 508 g/mol. The van der Waals surface area contributed by atoms with Crippen molar-refractivity contribution < 1.29 is 14.7 Å². The van der Waals surface area contributed by atoms with E-state index in [4.69, 9.17) is 0 Å². The molecule has 4 aliphatic carbocycles. The van der Waals surface area contributed by atoms with Crippen LogP contribution in [-0.4, -0.2) is 65.6 Å². The van der Waals surface area contributed by atoms with Gasteiger partial charge in [-0.25, -0.2) is 4.98 Å². The third-order valence-corrected chi connectivity index (χ3v) is 10.2. The number of rotatable bonds is 6. The van der Waals surface area contributed by atoms with Crippen molar-refractivity contribution in [2.75, 3.05) is 37.6 Å². The summed E-state index contributed by atoms with van der Waals surface area (Å²) in [6, 6.07) is 4.32. The fraction of sp³-hybridized carbons (Fsp3) is 0.741. The fourth-order valence-corrected chi connectivity index (χ4v) is 8.81. The van der Waals surface area contributed by atoms with Gasteiger partial charge in [-0.1, -0.05) is 6.92 Å². The molecular formula is C27H37BrN4O3.